The molecule has 0 bridgehead atoms. The highest BCUT2D eigenvalue weighted by Gasteiger charge is 2.37. The number of aliphatic hydroxyl groups is 2. The van der Waals surface area contributed by atoms with Crippen LogP contribution >= 0.6 is 11.6 Å². The number of aromatic nitrogens is 4. The van der Waals surface area contributed by atoms with Crippen molar-refractivity contribution in [2.75, 3.05) is 5.32 Å². The minimum absolute atomic E-state index is 0.0159. The average Bonchev–Trinajstić information content (AvgIpc) is 3.08. The lowest BCUT2D eigenvalue weighted by Crippen LogP contribution is -2.42. The number of nitrogens with zero attached hydrogens (tertiary/aromatic N) is 4. The molecular formula is C20H26ClN5O2. The first-order chi connectivity index (χ1) is 13.5. The standard InChI is InChI=1S/C20H26ClN5O2/c1-10-8-13(17(28)16(10)27)26-9-22-15-18(24-20(21)25-19(15)26)23-14(11-4-2-5-11)12-6-3-7-12/h9-12,14,16,27-28H,2-8H2,1H3,(H,23,24,25)/t10?,16-/m1/s1. The van der Waals surface area contributed by atoms with Crippen molar-refractivity contribution in [2.45, 2.75) is 64.0 Å². The summed E-state index contributed by atoms with van der Waals surface area (Å²) < 4.78 is 1.73. The normalized spacial score (nSPS) is 26.1. The summed E-state index contributed by atoms with van der Waals surface area (Å²) in [6.45, 7) is 1.91. The molecule has 0 amide bonds. The molecule has 2 fully saturated rings. The van der Waals surface area contributed by atoms with Crippen LogP contribution in [0.15, 0.2) is 12.1 Å². The largest absolute Gasteiger partial charge is 0.508 e. The van der Waals surface area contributed by atoms with Crippen LogP contribution in [0.3, 0.4) is 0 Å². The zero-order chi connectivity index (χ0) is 19.4. The summed E-state index contributed by atoms with van der Waals surface area (Å²) in [5.41, 5.74) is 1.84. The molecule has 3 N–H and O–H groups in total. The van der Waals surface area contributed by atoms with E-state index in [2.05, 4.69) is 20.3 Å². The van der Waals surface area contributed by atoms with Crippen LogP contribution in [0.1, 0.15) is 51.9 Å². The summed E-state index contributed by atoms with van der Waals surface area (Å²) in [6, 6.07) is 0.405. The highest BCUT2D eigenvalue weighted by molar-refractivity contribution is 6.28. The fraction of sp³-hybridized carbons (Fsp3) is 0.650. The van der Waals surface area contributed by atoms with E-state index >= 15 is 0 Å². The highest BCUT2D eigenvalue weighted by atomic mass is 35.5. The lowest BCUT2D eigenvalue weighted by Gasteiger charge is -2.43. The zero-order valence-corrected chi connectivity index (χ0v) is 16.7. The summed E-state index contributed by atoms with van der Waals surface area (Å²) in [5, 5.41) is 24.3. The van der Waals surface area contributed by atoms with E-state index in [0.717, 1.165) is 0 Å². The number of hydrogen-bond donors (Lipinski definition) is 3. The van der Waals surface area contributed by atoms with Gasteiger partial charge < -0.3 is 15.5 Å². The maximum Gasteiger partial charge on any atom is 0.226 e. The third-order valence-corrected chi connectivity index (χ3v) is 7.08. The summed E-state index contributed by atoms with van der Waals surface area (Å²) in [6.07, 6.45) is 9.00. The van der Waals surface area contributed by atoms with Gasteiger partial charge in [-0.1, -0.05) is 19.8 Å². The summed E-state index contributed by atoms with van der Waals surface area (Å²) >= 11 is 6.26. The van der Waals surface area contributed by atoms with Crippen molar-refractivity contribution in [1.82, 2.24) is 19.5 Å². The van der Waals surface area contributed by atoms with Crippen molar-refractivity contribution in [1.29, 1.82) is 0 Å². The maximum atomic E-state index is 10.4. The van der Waals surface area contributed by atoms with Gasteiger partial charge in [-0.15, -0.1) is 0 Å². The van der Waals surface area contributed by atoms with Crippen LogP contribution in [0.25, 0.3) is 16.9 Å². The molecule has 0 spiro atoms. The van der Waals surface area contributed by atoms with Crippen LogP contribution in [0.5, 0.6) is 0 Å². The van der Waals surface area contributed by atoms with Gasteiger partial charge in [0.25, 0.3) is 0 Å². The van der Waals surface area contributed by atoms with Crippen LogP contribution < -0.4 is 5.32 Å². The first-order valence-electron chi connectivity index (χ1n) is 10.3. The maximum absolute atomic E-state index is 10.4. The van der Waals surface area contributed by atoms with Crippen molar-refractivity contribution < 1.29 is 10.2 Å². The molecule has 2 aromatic heterocycles. The van der Waals surface area contributed by atoms with Gasteiger partial charge in [0.1, 0.15) is 18.2 Å². The highest BCUT2D eigenvalue weighted by Crippen LogP contribution is 2.42. The molecule has 5 rings (SSSR count). The number of allylic oxidation sites excluding steroid dienone is 1. The predicted molar refractivity (Wildman–Crippen MR) is 108 cm³/mol. The number of fused-ring (bicyclic) bond motifs is 1. The van der Waals surface area contributed by atoms with Crippen molar-refractivity contribution >= 4 is 34.3 Å². The fourth-order valence-electron chi connectivity index (χ4n) is 4.73. The SMILES string of the molecule is CC1CC(n2cnc3c(NC(C4CCC4)C4CCC4)nc(Cl)nc32)=C(O)[C@@H]1O. The Morgan fingerprint density at radius 1 is 1.18 bits per heavy atom. The minimum atomic E-state index is -0.857. The van der Waals surface area contributed by atoms with Crippen LogP contribution in [0.2, 0.25) is 5.28 Å². The number of rotatable bonds is 5. The second-order valence-corrected chi connectivity index (χ2v) is 8.98. The number of aliphatic hydroxyl groups excluding tert-OH is 2. The molecule has 3 aliphatic rings. The Kier molecular flexibility index (Phi) is 4.47. The Labute approximate surface area is 168 Å². The molecule has 150 valence electrons. The van der Waals surface area contributed by atoms with Gasteiger partial charge >= 0.3 is 0 Å². The van der Waals surface area contributed by atoms with Gasteiger partial charge in [-0.3, -0.25) is 4.57 Å². The molecule has 2 aromatic rings. The van der Waals surface area contributed by atoms with E-state index in [-0.39, 0.29) is 17.0 Å². The third kappa shape index (κ3) is 2.87. The number of imidazole rings is 1. The Bertz CT molecular complexity index is 920. The van der Waals surface area contributed by atoms with Crippen molar-refractivity contribution in [3.05, 3.63) is 17.4 Å². The molecule has 0 aliphatic heterocycles. The minimum Gasteiger partial charge on any atom is -0.508 e. The molecule has 2 heterocycles. The molecular weight excluding hydrogens is 378 g/mol. The van der Waals surface area contributed by atoms with E-state index < -0.39 is 6.10 Å². The lowest BCUT2D eigenvalue weighted by atomic mass is 9.68. The van der Waals surface area contributed by atoms with Crippen LogP contribution in [-0.4, -0.2) is 41.9 Å². The van der Waals surface area contributed by atoms with Crippen LogP contribution in [0, 0.1) is 17.8 Å². The molecule has 28 heavy (non-hydrogen) atoms. The monoisotopic (exact) mass is 403 g/mol. The quantitative estimate of drug-likeness (QED) is 0.653. The van der Waals surface area contributed by atoms with Gasteiger partial charge in [0.05, 0.1) is 5.70 Å². The summed E-state index contributed by atoms with van der Waals surface area (Å²) in [4.78, 5) is 13.4. The summed E-state index contributed by atoms with van der Waals surface area (Å²) in [5.74, 6) is 1.98. The van der Waals surface area contributed by atoms with Crippen LogP contribution in [-0.2, 0) is 0 Å². The van der Waals surface area contributed by atoms with Crippen molar-refractivity contribution in [3.8, 4) is 0 Å². The average molecular weight is 404 g/mol. The van der Waals surface area contributed by atoms with Crippen LogP contribution in [0.4, 0.5) is 5.82 Å². The van der Waals surface area contributed by atoms with E-state index in [0.29, 0.717) is 47.0 Å². The lowest BCUT2D eigenvalue weighted by molar-refractivity contribution is 0.121. The molecule has 0 saturated heterocycles. The number of nitrogens with one attached hydrogen (secondary N) is 1. The first kappa shape index (κ1) is 18.2. The van der Waals surface area contributed by atoms with E-state index in [1.54, 1.807) is 10.9 Å². The fourth-order valence-corrected chi connectivity index (χ4v) is 4.90. The second kappa shape index (κ2) is 6.88. The Morgan fingerprint density at radius 2 is 1.86 bits per heavy atom. The topological polar surface area (TPSA) is 96.1 Å². The van der Waals surface area contributed by atoms with Gasteiger partial charge in [-0.05, 0) is 61.5 Å². The molecule has 3 aliphatic carbocycles. The first-order valence-corrected chi connectivity index (χ1v) is 10.7. The molecule has 1 unspecified atom stereocenters. The summed E-state index contributed by atoms with van der Waals surface area (Å²) in [7, 11) is 0. The van der Waals surface area contributed by atoms with Crippen molar-refractivity contribution in [3.63, 3.8) is 0 Å². The molecule has 2 saturated carbocycles. The number of anilines is 1. The van der Waals surface area contributed by atoms with Gasteiger partial charge in [-0.25, -0.2) is 4.98 Å². The smallest absolute Gasteiger partial charge is 0.226 e. The van der Waals surface area contributed by atoms with Gasteiger partial charge in [0.2, 0.25) is 5.28 Å². The van der Waals surface area contributed by atoms with E-state index in [1.165, 1.54) is 38.5 Å². The Balaban J connectivity index is 1.53. The third-order valence-electron chi connectivity index (χ3n) is 6.91. The van der Waals surface area contributed by atoms with Gasteiger partial charge in [0.15, 0.2) is 17.0 Å². The number of halogens is 1. The van der Waals surface area contributed by atoms with E-state index in [1.807, 2.05) is 6.92 Å². The second-order valence-electron chi connectivity index (χ2n) is 8.64. The van der Waals surface area contributed by atoms with Crippen molar-refractivity contribution in [2.24, 2.45) is 17.8 Å². The Morgan fingerprint density at radius 3 is 2.39 bits per heavy atom. The molecule has 0 aromatic carbocycles. The molecule has 7 nitrogen and oxygen atoms in total. The number of hydrogen-bond acceptors (Lipinski definition) is 6. The van der Waals surface area contributed by atoms with Gasteiger partial charge in [0, 0.05) is 6.04 Å². The van der Waals surface area contributed by atoms with Gasteiger partial charge in [-0.2, -0.15) is 9.97 Å². The molecule has 8 heteroatoms. The molecule has 2 atom stereocenters. The Hall–Kier alpha value is -1.86. The predicted octanol–water partition coefficient (Wildman–Crippen LogP) is 3.99. The zero-order valence-electron chi connectivity index (χ0n) is 16.0. The van der Waals surface area contributed by atoms with E-state index in [9.17, 15) is 10.2 Å². The van der Waals surface area contributed by atoms with E-state index in [4.69, 9.17) is 11.6 Å². The molecule has 0 radical (unpaired) electrons.